The molecule has 1 atom stereocenters. The smallest absolute Gasteiger partial charge is 0.326 e. The highest BCUT2D eigenvalue weighted by Gasteiger charge is 2.23. The number of carboxylic acids is 1. The van der Waals surface area contributed by atoms with Crippen molar-refractivity contribution in [3.8, 4) is 0 Å². The normalized spacial score (nSPS) is 12.1. The lowest BCUT2D eigenvalue weighted by molar-refractivity contribution is -0.140. The highest BCUT2D eigenvalue weighted by Crippen LogP contribution is 2.22. The van der Waals surface area contributed by atoms with Crippen molar-refractivity contribution >= 4 is 28.5 Å². The minimum atomic E-state index is -1.05. The van der Waals surface area contributed by atoms with Gasteiger partial charge in [0, 0.05) is 23.2 Å². The van der Waals surface area contributed by atoms with Crippen LogP contribution in [0.15, 0.2) is 36.7 Å². The standard InChI is InChI=1S/C15H17N3O3/c1-9(2)13(14(19)20)18-15(21)17-12-5-3-4-10-8-16-7-6-11(10)12/h3-9,13H,1-2H3,(H,19,20)(H2,17,18,21)/t13-/m1/s1. The summed E-state index contributed by atoms with van der Waals surface area (Å²) in [5, 5.41) is 16.0. The number of hydrogen-bond donors (Lipinski definition) is 3. The zero-order chi connectivity index (χ0) is 15.4. The highest BCUT2D eigenvalue weighted by atomic mass is 16.4. The van der Waals surface area contributed by atoms with E-state index in [2.05, 4.69) is 15.6 Å². The van der Waals surface area contributed by atoms with Gasteiger partial charge in [0.2, 0.25) is 0 Å². The Morgan fingerprint density at radius 2 is 2.00 bits per heavy atom. The molecule has 0 saturated carbocycles. The van der Waals surface area contributed by atoms with E-state index < -0.39 is 18.0 Å². The van der Waals surface area contributed by atoms with Gasteiger partial charge in [0.1, 0.15) is 6.04 Å². The summed E-state index contributed by atoms with van der Waals surface area (Å²) in [5.74, 6) is -1.26. The number of urea groups is 1. The average molecular weight is 287 g/mol. The molecular weight excluding hydrogens is 270 g/mol. The highest BCUT2D eigenvalue weighted by molar-refractivity contribution is 6.02. The third-order valence-electron chi connectivity index (χ3n) is 3.15. The van der Waals surface area contributed by atoms with E-state index in [1.165, 1.54) is 0 Å². The lowest BCUT2D eigenvalue weighted by atomic mass is 10.1. The second kappa shape index (κ2) is 6.21. The van der Waals surface area contributed by atoms with Crippen LogP contribution in [-0.4, -0.2) is 28.1 Å². The number of aromatic nitrogens is 1. The van der Waals surface area contributed by atoms with Crippen molar-refractivity contribution in [3.05, 3.63) is 36.7 Å². The van der Waals surface area contributed by atoms with Crippen LogP contribution in [0.3, 0.4) is 0 Å². The first-order valence-electron chi connectivity index (χ1n) is 6.62. The summed E-state index contributed by atoms with van der Waals surface area (Å²) in [7, 11) is 0. The van der Waals surface area contributed by atoms with Gasteiger partial charge in [0.05, 0.1) is 5.69 Å². The van der Waals surface area contributed by atoms with E-state index in [1.807, 2.05) is 6.07 Å². The Morgan fingerprint density at radius 1 is 1.24 bits per heavy atom. The van der Waals surface area contributed by atoms with E-state index in [4.69, 9.17) is 5.11 Å². The van der Waals surface area contributed by atoms with Gasteiger partial charge >= 0.3 is 12.0 Å². The number of nitrogens with zero attached hydrogens (tertiary/aromatic N) is 1. The molecule has 1 aromatic carbocycles. The summed E-state index contributed by atoms with van der Waals surface area (Å²) in [6.07, 6.45) is 3.34. The quantitative estimate of drug-likeness (QED) is 0.805. The first-order valence-corrected chi connectivity index (χ1v) is 6.62. The second-order valence-corrected chi connectivity index (χ2v) is 5.06. The second-order valence-electron chi connectivity index (χ2n) is 5.06. The fraction of sp³-hybridized carbons (Fsp3) is 0.267. The minimum absolute atomic E-state index is 0.204. The lowest BCUT2D eigenvalue weighted by Crippen LogP contribution is -2.46. The van der Waals surface area contributed by atoms with Crippen LogP contribution in [0.2, 0.25) is 0 Å². The maximum atomic E-state index is 12.0. The molecule has 2 amide bonds. The first kappa shape index (κ1) is 14.8. The maximum absolute atomic E-state index is 12.0. The molecule has 3 N–H and O–H groups in total. The number of anilines is 1. The van der Waals surface area contributed by atoms with Crippen LogP contribution in [0.25, 0.3) is 10.8 Å². The predicted octanol–water partition coefficient (Wildman–Crippen LogP) is 2.47. The molecular formula is C15H17N3O3. The molecule has 0 saturated heterocycles. The van der Waals surface area contributed by atoms with Gasteiger partial charge in [0.25, 0.3) is 0 Å². The number of nitrogens with one attached hydrogen (secondary N) is 2. The van der Waals surface area contributed by atoms with Crippen molar-refractivity contribution in [3.63, 3.8) is 0 Å². The van der Waals surface area contributed by atoms with Crippen LogP contribution in [0.4, 0.5) is 10.5 Å². The molecule has 1 heterocycles. The Morgan fingerprint density at radius 3 is 2.67 bits per heavy atom. The number of carbonyl (C=O) groups excluding carboxylic acids is 1. The van der Waals surface area contributed by atoms with E-state index >= 15 is 0 Å². The van der Waals surface area contributed by atoms with Crippen LogP contribution >= 0.6 is 0 Å². The molecule has 0 bridgehead atoms. The number of benzene rings is 1. The van der Waals surface area contributed by atoms with E-state index in [0.717, 1.165) is 10.8 Å². The summed E-state index contributed by atoms with van der Waals surface area (Å²) in [6, 6.07) is 5.77. The van der Waals surface area contributed by atoms with Crippen molar-refractivity contribution in [1.29, 1.82) is 0 Å². The molecule has 2 rings (SSSR count). The third kappa shape index (κ3) is 3.47. The summed E-state index contributed by atoms with van der Waals surface area (Å²) < 4.78 is 0. The molecule has 6 heteroatoms. The number of hydrogen-bond acceptors (Lipinski definition) is 3. The SMILES string of the molecule is CC(C)[C@@H](NC(=O)Nc1cccc2cnccc12)C(=O)O. The van der Waals surface area contributed by atoms with E-state index in [0.29, 0.717) is 5.69 Å². The summed E-state index contributed by atoms with van der Waals surface area (Å²) in [5.41, 5.74) is 0.611. The maximum Gasteiger partial charge on any atom is 0.326 e. The lowest BCUT2D eigenvalue weighted by Gasteiger charge is -2.18. The number of fused-ring (bicyclic) bond motifs is 1. The van der Waals surface area contributed by atoms with Crippen LogP contribution in [0, 0.1) is 5.92 Å². The van der Waals surface area contributed by atoms with Gasteiger partial charge in [-0.25, -0.2) is 9.59 Å². The minimum Gasteiger partial charge on any atom is -0.480 e. The van der Waals surface area contributed by atoms with Crippen LogP contribution in [-0.2, 0) is 4.79 Å². The first-order chi connectivity index (χ1) is 9.99. The van der Waals surface area contributed by atoms with Gasteiger partial charge in [0.15, 0.2) is 0 Å². The number of carbonyl (C=O) groups is 2. The summed E-state index contributed by atoms with van der Waals surface area (Å²) >= 11 is 0. The molecule has 0 unspecified atom stereocenters. The zero-order valence-corrected chi connectivity index (χ0v) is 11.8. The topological polar surface area (TPSA) is 91.3 Å². The van der Waals surface area contributed by atoms with Crippen molar-refractivity contribution < 1.29 is 14.7 Å². The fourth-order valence-corrected chi connectivity index (χ4v) is 2.04. The van der Waals surface area contributed by atoms with E-state index in [9.17, 15) is 9.59 Å². The Kier molecular flexibility index (Phi) is 4.37. The molecule has 21 heavy (non-hydrogen) atoms. The molecule has 0 radical (unpaired) electrons. The number of amides is 2. The molecule has 0 aliphatic rings. The molecule has 0 aliphatic carbocycles. The van der Waals surface area contributed by atoms with Crippen molar-refractivity contribution in [2.75, 3.05) is 5.32 Å². The molecule has 110 valence electrons. The van der Waals surface area contributed by atoms with Crippen molar-refractivity contribution in [2.24, 2.45) is 5.92 Å². The van der Waals surface area contributed by atoms with Gasteiger partial charge in [-0.3, -0.25) is 4.98 Å². The van der Waals surface area contributed by atoms with Gasteiger partial charge in [-0.2, -0.15) is 0 Å². The summed E-state index contributed by atoms with van der Waals surface area (Å²) in [6.45, 7) is 3.48. The molecule has 1 aromatic heterocycles. The number of pyridine rings is 1. The van der Waals surface area contributed by atoms with Crippen molar-refractivity contribution in [2.45, 2.75) is 19.9 Å². The van der Waals surface area contributed by atoms with E-state index in [1.54, 1.807) is 44.4 Å². The number of carboxylic acid groups (broad SMARTS) is 1. The molecule has 2 aromatic rings. The molecule has 0 spiro atoms. The van der Waals surface area contributed by atoms with Crippen molar-refractivity contribution in [1.82, 2.24) is 10.3 Å². The zero-order valence-electron chi connectivity index (χ0n) is 11.8. The molecule has 0 aliphatic heterocycles. The monoisotopic (exact) mass is 287 g/mol. The van der Waals surface area contributed by atoms with Gasteiger partial charge < -0.3 is 15.7 Å². The number of aliphatic carboxylic acids is 1. The Labute approximate surface area is 122 Å². The van der Waals surface area contributed by atoms with Crippen LogP contribution in [0.5, 0.6) is 0 Å². The Hall–Kier alpha value is -2.63. The van der Waals surface area contributed by atoms with Crippen LogP contribution < -0.4 is 10.6 Å². The average Bonchev–Trinajstić information content (AvgIpc) is 2.44. The van der Waals surface area contributed by atoms with Gasteiger partial charge in [-0.15, -0.1) is 0 Å². The third-order valence-corrected chi connectivity index (χ3v) is 3.15. The molecule has 0 fully saturated rings. The Balaban J connectivity index is 2.17. The fourth-order valence-electron chi connectivity index (χ4n) is 2.04. The number of rotatable bonds is 4. The summed E-state index contributed by atoms with van der Waals surface area (Å²) in [4.78, 5) is 27.1. The largest absolute Gasteiger partial charge is 0.480 e. The predicted molar refractivity (Wildman–Crippen MR) is 80.2 cm³/mol. The Bertz CT molecular complexity index is 665. The van der Waals surface area contributed by atoms with Gasteiger partial charge in [-0.1, -0.05) is 26.0 Å². The van der Waals surface area contributed by atoms with E-state index in [-0.39, 0.29) is 5.92 Å². The van der Waals surface area contributed by atoms with Gasteiger partial charge in [-0.05, 0) is 18.1 Å². The molecule has 6 nitrogen and oxygen atoms in total. The van der Waals surface area contributed by atoms with Crippen LogP contribution in [0.1, 0.15) is 13.8 Å².